The van der Waals surface area contributed by atoms with Crippen molar-refractivity contribution in [1.29, 1.82) is 0 Å². The van der Waals surface area contributed by atoms with Gasteiger partial charge >= 0.3 is 0 Å². The Morgan fingerprint density at radius 1 is 1.12 bits per heavy atom. The minimum absolute atomic E-state index is 0.111. The van der Waals surface area contributed by atoms with Crippen molar-refractivity contribution in [2.75, 3.05) is 26.7 Å². The topological polar surface area (TPSA) is 41.6 Å². The van der Waals surface area contributed by atoms with Crippen LogP contribution < -0.4 is 10.1 Å². The molecule has 0 saturated carbocycles. The summed E-state index contributed by atoms with van der Waals surface area (Å²) >= 11 is 0. The number of rotatable bonds is 7. The molecule has 1 N–H and O–H groups in total. The summed E-state index contributed by atoms with van der Waals surface area (Å²) in [6.45, 7) is 3.45. The lowest BCUT2D eigenvalue weighted by molar-refractivity contribution is -0.124. The van der Waals surface area contributed by atoms with E-state index in [9.17, 15) is 4.79 Å². The summed E-state index contributed by atoms with van der Waals surface area (Å²) in [6, 6.07) is 18.4. The Hall–Kier alpha value is -2.33. The quantitative estimate of drug-likeness (QED) is 0.844. The fraction of sp³-hybridized carbons (Fsp3) is 0.381. The molecule has 0 bridgehead atoms. The van der Waals surface area contributed by atoms with E-state index in [0.717, 1.165) is 38.2 Å². The third kappa shape index (κ3) is 5.07. The first kappa shape index (κ1) is 17.5. The molecule has 0 radical (unpaired) electrons. The number of nitrogens with one attached hydrogen (secondary N) is 1. The zero-order chi connectivity index (χ0) is 17.5. The van der Waals surface area contributed by atoms with Crippen LogP contribution in [-0.2, 0) is 17.8 Å². The number of methoxy groups -OCH3 is 1. The molecule has 1 aliphatic rings. The second-order valence-electron chi connectivity index (χ2n) is 6.60. The van der Waals surface area contributed by atoms with Crippen LogP contribution in [0.25, 0.3) is 0 Å². The summed E-state index contributed by atoms with van der Waals surface area (Å²) in [5.41, 5.74) is 2.52. The molecule has 4 heteroatoms. The molecule has 1 fully saturated rings. The Kier molecular flexibility index (Phi) is 6.07. The Morgan fingerprint density at radius 2 is 1.88 bits per heavy atom. The first-order valence-electron chi connectivity index (χ1n) is 8.91. The summed E-state index contributed by atoms with van der Waals surface area (Å²) in [7, 11) is 1.66. The molecule has 1 amide bonds. The minimum Gasteiger partial charge on any atom is -0.497 e. The zero-order valence-electron chi connectivity index (χ0n) is 14.8. The third-order valence-electron chi connectivity index (χ3n) is 4.76. The van der Waals surface area contributed by atoms with Gasteiger partial charge in [-0.2, -0.15) is 0 Å². The largest absolute Gasteiger partial charge is 0.497 e. The number of ether oxygens (including phenoxy) is 1. The van der Waals surface area contributed by atoms with Gasteiger partial charge in [-0.15, -0.1) is 0 Å². The van der Waals surface area contributed by atoms with Crippen LogP contribution >= 0.6 is 0 Å². The van der Waals surface area contributed by atoms with Gasteiger partial charge in [0.2, 0.25) is 5.91 Å². The summed E-state index contributed by atoms with van der Waals surface area (Å²) < 4.78 is 5.16. The first-order chi connectivity index (χ1) is 12.2. The van der Waals surface area contributed by atoms with Crippen molar-refractivity contribution in [2.24, 2.45) is 5.92 Å². The Morgan fingerprint density at radius 3 is 2.60 bits per heavy atom. The van der Waals surface area contributed by atoms with Gasteiger partial charge in [0.05, 0.1) is 13.0 Å². The van der Waals surface area contributed by atoms with Crippen LogP contribution in [-0.4, -0.2) is 37.6 Å². The average Bonchev–Trinajstić information content (AvgIpc) is 3.12. The zero-order valence-corrected chi connectivity index (χ0v) is 14.8. The van der Waals surface area contributed by atoms with Gasteiger partial charge in [-0.25, -0.2) is 0 Å². The number of hydrogen-bond acceptors (Lipinski definition) is 3. The summed E-state index contributed by atoms with van der Waals surface area (Å²) in [4.78, 5) is 14.7. The molecule has 2 aromatic rings. The van der Waals surface area contributed by atoms with Crippen LogP contribution in [0.2, 0.25) is 0 Å². The maximum atomic E-state index is 12.4. The molecule has 1 unspecified atom stereocenters. The first-order valence-corrected chi connectivity index (χ1v) is 8.91. The minimum atomic E-state index is 0.111. The van der Waals surface area contributed by atoms with Crippen molar-refractivity contribution < 1.29 is 9.53 Å². The van der Waals surface area contributed by atoms with E-state index in [4.69, 9.17) is 4.74 Å². The van der Waals surface area contributed by atoms with E-state index in [-0.39, 0.29) is 11.8 Å². The van der Waals surface area contributed by atoms with Gasteiger partial charge in [0.15, 0.2) is 0 Å². The summed E-state index contributed by atoms with van der Waals surface area (Å²) in [5.74, 6) is 1.15. The van der Waals surface area contributed by atoms with Gasteiger partial charge < -0.3 is 10.1 Å². The van der Waals surface area contributed by atoms with Crippen LogP contribution in [0.4, 0.5) is 0 Å². The van der Waals surface area contributed by atoms with Crippen molar-refractivity contribution in [2.45, 2.75) is 19.4 Å². The van der Waals surface area contributed by atoms with E-state index in [2.05, 4.69) is 34.5 Å². The molecule has 4 nitrogen and oxygen atoms in total. The molecule has 1 heterocycles. The molecule has 0 aliphatic carbocycles. The molecule has 0 spiro atoms. The van der Waals surface area contributed by atoms with Crippen LogP contribution in [0.15, 0.2) is 54.6 Å². The monoisotopic (exact) mass is 338 g/mol. The third-order valence-corrected chi connectivity index (χ3v) is 4.76. The number of benzene rings is 2. The number of nitrogens with zero attached hydrogens (tertiary/aromatic N) is 1. The molecule has 0 aromatic heterocycles. The predicted octanol–water partition coefficient (Wildman–Crippen LogP) is 2.88. The highest BCUT2D eigenvalue weighted by molar-refractivity contribution is 5.79. The predicted molar refractivity (Wildman–Crippen MR) is 99.5 cm³/mol. The number of carbonyl (C=O) groups is 1. The van der Waals surface area contributed by atoms with Crippen molar-refractivity contribution in [3.05, 3.63) is 65.7 Å². The number of likely N-dealkylation sites (tertiary alicyclic amines) is 1. The Bertz CT molecular complexity index is 670. The van der Waals surface area contributed by atoms with E-state index in [1.54, 1.807) is 7.11 Å². The lowest BCUT2D eigenvalue weighted by atomic mass is 10.1. The Labute approximate surface area is 149 Å². The van der Waals surface area contributed by atoms with Crippen molar-refractivity contribution in [3.63, 3.8) is 0 Å². The molecular formula is C21H26N2O2. The number of amides is 1. The number of carbonyl (C=O) groups excluding carboxylic acids is 1. The second-order valence-corrected chi connectivity index (χ2v) is 6.60. The summed E-state index contributed by atoms with van der Waals surface area (Å²) in [5, 5.41) is 3.09. The standard InChI is InChI=1S/C21H26N2O2/c1-25-20-9-7-17(8-10-20)11-13-22-21(24)19-12-14-23(16-19)15-18-5-3-2-4-6-18/h2-10,19H,11-16H2,1H3,(H,22,24). The fourth-order valence-electron chi connectivity index (χ4n) is 3.30. The maximum absolute atomic E-state index is 12.4. The lowest BCUT2D eigenvalue weighted by Gasteiger charge is -2.16. The van der Waals surface area contributed by atoms with Crippen molar-refractivity contribution >= 4 is 5.91 Å². The van der Waals surface area contributed by atoms with Gasteiger partial charge in [0.25, 0.3) is 0 Å². The SMILES string of the molecule is COc1ccc(CCNC(=O)C2CCN(Cc3ccccc3)C2)cc1. The molecule has 3 rings (SSSR count). The van der Waals surface area contributed by atoms with Crippen LogP contribution in [0.5, 0.6) is 5.75 Å². The van der Waals surface area contributed by atoms with Gasteiger partial charge in [0.1, 0.15) is 5.75 Å². The maximum Gasteiger partial charge on any atom is 0.224 e. The van der Waals surface area contributed by atoms with E-state index >= 15 is 0 Å². The molecule has 2 aromatic carbocycles. The van der Waals surface area contributed by atoms with E-state index in [1.807, 2.05) is 30.3 Å². The van der Waals surface area contributed by atoms with Crippen LogP contribution in [0.3, 0.4) is 0 Å². The molecule has 1 atom stereocenters. The van der Waals surface area contributed by atoms with E-state index in [0.29, 0.717) is 6.54 Å². The normalized spacial score (nSPS) is 17.4. The van der Waals surface area contributed by atoms with Crippen molar-refractivity contribution in [3.8, 4) is 5.75 Å². The number of hydrogen-bond donors (Lipinski definition) is 1. The van der Waals surface area contributed by atoms with Gasteiger partial charge in [-0.05, 0) is 42.6 Å². The van der Waals surface area contributed by atoms with E-state index < -0.39 is 0 Å². The molecule has 1 saturated heterocycles. The lowest BCUT2D eigenvalue weighted by Crippen LogP contribution is -2.33. The van der Waals surface area contributed by atoms with E-state index in [1.165, 1.54) is 11.1 Å². The average molecular weight is 338 g/mol. The molecule has 132 valence electrons. The highest BCUT2D eigenvalue weighted by atomic mass is 16.5. The fourth-order valence-corrected chi connectivity index (χ4v) is 3.30. The molecule has 25 heavy (non-hydrogen) atoms. The van der Waals surface area contributed by atoms with Crippen LogP contribution in [0.1, 0.15) is 17.5 Å². The second kappa shape index (κ2) is 8.67. The van der Waals surface area contributed by atoms with Gasteiger partial charge in [-0.1, -0.05) is 42.5 Å². The Balaban J connectivity index is 1.40. The molecular weight excluding hydrogens is 312 g/mol. The van der Waals surface area contributed by atoms with Gasteiger partial charge in [0, 0.05) is 19.6 Å². The summed E-state index contributed by atoms with van der Waals surface area (Å²) in [6.07, 6.45) is 1.79. The van der Waals surface area contributed by atoms with Crippen molar-refractivity contribution in [1.82, 2.24) is 10.2 Å². The van der Waals surface area contributed by atoms with Crippen LogP contribution in [0, 0.1) is 5.92 Å². The van der Waals surface area contributed by atoms with Gasteiger partial charge in [-0.3, -0.25) is 9.69 Å². The highest BCUT2D eigenvalue weighted by Gasteiger charge is 2.27. The highest BCUT2D eigenvalue weighted by Crippen LogP contribution is 2.19. The molecule has 1 aliphatic heterocycles. The smallest absolute Gasteiger partial charge is 0.224 e.